The fourth-order valence-corrected chi connectivity index (χ4v) is 3.21. The van der Waals surface area contributed by atoms with Gasteiger partial charge in [0.25, 0.3) is 0 Å². The van der Waals surface area contributed by atoms with E-state index in [0.717, 1.165) is 16.5 Å². The van der Waals surface area contributed by atoms with Gasteiger partial charge in [-0.1, -0.05) is 24.3 Å². The number of ether oxygens (including phenoxy) is 1. The topological polar surface area (TPSA) is 59.5 Å². The molecule has 126 valence electrons. The van der Waals surface area contributed by atoms with Crippen molar-refractivity contribution in [1.82, 2.24) is 9.88 Å². The number of esters is 1. The maximum absolute atomic E-state index is 12.6. The van der Waals surface area contributed by atoms with E-state index in [1.165, 1.54) is 0 Å². The molecule has 1 aliphatic heterocycles. The van der Waals surface area contributed by atoms with Crippen LogP contribution in [0.1, 0.15) is 25.3 Å². The van der Waals surface area contributed by atoms with Crippen LogP contribution in [0.5, 0.6) is 0 Å². The van der Waals surface area contributed by atoms with Crippen LogP contribution < -0.4 is 0 Å². The minimum absolute atomic E-state index is 0.0757. The minimum atomic E-state index is -0.136. The number of benzene rings is 1. The molecule has 1 amide bonds. The number of pyridine rings is 1. The first-order valence-electron chi connectivity index (χ1n) is 8.46. The van der Waals surface area contributed by atoms with Crippen molar-refractivity contribution in [2.24, 2.45) is 5.92 Å². The van der Waals surface area contributed by atoms with Crippen molar-refractivity contribution in [1.29, 1.82) is 0 Å². The first kappa shape index (κ1) is 16.4. The van der Waals surface area contributed by atoms with Crippen LogP contribution in [0, 0.1) is 5.92 Å². The molecule has 0 saturated carbocycles. The van der Waals surface area contributed by atoms with Crippen LogP contribution in [0.4, 0.5) is 0 Å². The molecule has 0 aliphatic carbocycles. The van der Waals surface area contributed by atoms with Crippen LogP contribution in [0.2, 0.25) is 0 Å². The van der Waals surface area contributed by atoms with Crippen LogP contribution in [-0.4, -0.2) is 41.5 Å². The molecule has 0 radical (unpaired) electrons. The zero-order chi connectivity index (χ0) is 16.9. The highest BCUT2D eigenvalue weighted by Gasteiger charge is 2.28. The summed E-state index contributed by atoms with van der Waals surface area (Å²) in [4.78, 5) is 30.6. The molecule has 1 saturated heterocycles. The van der Waals surface area contributed by atoms with Gasteiger partial charge < -0.3 is 9.64 Å². The number of para-hydroxylation sites is 1. The second kappa shape index (κ2) is 7.43. The molecular formula is C19H22N2O3. The predicted octanol–water partition coefficient (Wildman–Crippen LogP) is 2.58. The number of aromatic nitrogens is 1. The van der Waals surface area contributed by atoms with Gasteiger partial charge in [-0.25, -0.2) is 0 Å². The standard InChI is InChI=1S/C19H22N2O3/c1-2-24-19(23)15-8-11-21(12-9-15)17(22)13-16-6-3-5-14-7-4-10-20-18(14)16/h3-7,10,15H,2,8-9,11-13H2,1H3. The van der Waals surface area contributed by atoms with Gasteiger partial charge in [-0.2, -0.15) is 0 Å². The summed E-state index contributed by atoms with van der Waals surface area (Å²) in [5.41, 5.74) is 1.83. The van der Waals surface area contributed by atoms with Gasteiger partial charge in [-0.15, -0.1) is 0 Å². The van der Waals surface area contributed by atoms with Crippen molar-refractivity contribution in [3.05, 3.63) is 42.1 Å². The highest BCUT2D eigenvalue weighted by atomic mass is 16.5. The van der Waals surface area contributed by atoms with Gasteiger partial charge in [0.1, 0.15) is 0 Å². The number of carbonyl (C=O) groups is 2. The second-order valence-electron chi connectivity index (χ2n) is 6.08. The Balaban J connectivity index is 1.63. The maximum Gasteiger partial charge on any atom is 0.309 e. The Kier molecular flexibility index (Phi) is 5.08. The average molecular weight is 326 g/mol. The van der Waals surface area contributed by atoms with Gasteiger partial charge in [-0.3, -0.25) is 14.6 Å². The van der Waals surface area contributed by atoms with Crippen molar-refractivity contribution < 1.29 is 14.3 Å². The van der Waals surface area contributed by atoms with Gasteiger partial charge in [0.05, 0.1) is 24.5 Å². The van der Waals surface area contributed by atoms with Gasteiger partial charge in [0.2, 0.25) is 5.91 Å². The molecule has 0 atom stereocenters. The number of carbonyl (C=O) groups excluding carboxylic acids is 2. The molecule has 1 aromatic carbocycles. The van der Waals surface area contributed by atoms with E-state index in [4.69, 9.17) is 4.74 Å². The largest absolute Gasteiger partial charge is 0.466 e. The lowest BCUT2D eigenvalue weighted by Gasteiger charge is -2.31. The lowest BCUT2D eigenvalue weighted by molar-refractivity contribution is -0.151. The highest BCUT2D eigenvalue weighted by molar-refractivity contribution is 5.87. The van der Waals surface area contributed by atoms with E-state index in [9.17, 15) is 9.59 Å². The summed E-state index contributed by atoms with van der Waals surface area (Å²) in [6, 6.07) is 9.81. The van der Waals surface area contributed by atoms with Crippen LogP contribution >= 0.6 is 0 Å². The quantitative estimate of drug-likeness (QED) is 0.810. The van der Waals surface area contributed by atoms with E-state index in [1.54, 1.807) is 6.20 Å². The molecule has 0 spiro atoms. The molecule has 1 aromatic heterocycles. The van der Waals surface area contributed by atoms with E-state index in [0.29, 0.717) is 39.0 Å². The Labute approximate surface area is 141 Å². The molecular weight excluding hydrogens is 304 g/mol. The van der Waals surface area contributed by atoms with Gasteiger partial charge in [0.15, 0.2) is 0 Å². The maximum atomic E-state index is 12.6. The third-order valence-electron chi connectivity index (χ3n) is 4.53. The first-order chi connectivity index (χ1) is 11.7. The number of likely N-dealkylation sites (tertiary alicyclic amines) is 1. The van der Waals surface area contributed by atoms with Gasteiger partial charge >= 0.3 is 5.97 Å². The summed E-state index contributed by atoms with van der Waals surface area (Å²) in [6.45, 7) is 3.45. The summed E-state index contributed by atoms with van der Waals surface area (Å²) in [6.07, 6.45) is 3.45. The van der Waals surface area contributed by atoms with Crippen LogP contribution in [-0.2, 0) is 20.7 Å². The van der Waals surface area contributed by atoms with Crippen molar-refractivity contribution >= 4 is 22.8 Å². The molecule has 5 heteroatoms. The summed E-state index contributed by atoms with van der Waals surface area (Å²) in [5.74, 6) is -0.119. The molecule has 1 fully saturated rings. The van der Waals surface area contributed by atoms with Crippen LogP contribution in [0.25, 0.3) is 10.9 Å². The average Bonchev–Trinajstić information content (AvgIpc) is 2.62. The molecule has 24 heavy (non-hydrogen) atoms. The summed E-state index contributed by atoms with van der Waals surface area (Å²) in [7, 11) is 0. The van der Waals surface area contributed by atoms with E-state index in [-0.39, 0.29) is 17.8 Å². The van der Waals surface area contributed by atoms with Crippen LogP contribution in [0.3, 0.4) is 0 Å². The molecule has 2 heterocycles. The number of nitrogens with zero attached hydrogens (tertiary/aromatic N) is 2. The van der Waals surface area contributed by atoms with Gasteiger partial charge in [0, 0.05) is 24.7 Å². The Bertz CT molecular complexity index is 731. The number of amides is 1. The third-order valence-corrected chi connectivity index (χ3v) is 4.53. The zero-order valence-corrected chi connectivity index (χ0v) is 13.9. The monoisotopic (exact) mass is 326 g/mol. The summed E-state index contributed by atoms with van der Waals surface area (Å²) < 4.78 is 5.07. The van der Waals surface area contributed by atoms with Gasteiger partial charge in [-0.05, 0) is 31.4 Å². The number of piperidine rings is 1. The first-order valence-corrected chi connectivity index (χ1v) is 8.46. The second-order valence-corrected chi connectivity index (χ2v) is 6.08. The molecule has 0 bridgehead atoms. The summed E-state index contributed by atoms with van der Waals surface area (Å²) >= 11 is 0. The molecule has 2 aromatic rings. The Morgan fingerprint density at radius 1 is 1.21 bits per heavy atom. The van der Waals surface area contributed by atoms with Crippen molar-refractivity contribution in [3.63, 3.8) is 0 Å². The number of rotatable bonds is 4. The number of fused-ring (bicyclic) bond motifs is 1. The minimum Gasteiger partial charge on any atom is -0.466 e. The van der Waals surface area contributed by atoms with E-state index in [2.05, 4.69) is 4.98 Å². The molecule has 0 N–H and O–H groups in total. The third kappa shape index (κ3) is 3.55. The fourth-order valence-electron chi connectivity index (χ4n) is 3.21. The SMILES string of the molecule is CCOC(=O)C1CCN(C(=O)Cc2cccc3cccnc23)CC1. The molecule has 5 nitrogen and oxygen atoms in total. The van der Waals surface area contributed by atoms with E-state index >= 15 is 0 Å². The molecule has 1 aliphatic rings. The highest BCUT2D eigenvalue weighted by Crippen LogP contribution is 2.21. The zero-order valence-electron chi connectivity index (χ0n) is 13.9. The fraction of sp³-hybridized carbons (Fsp3) is 0.421. The molecule has 0 unspecified atom stereocenters. The van der Waals surface area contributed by atoms with Crippen LogP contribution in [0.15, 0.2) is 36.5 Å². The number of hydrogen-bond acceptors (Lipinski definition) is 4. The lowest BCUT2D eigenvalue weighted by Crippen LogP contribution is -2.41. The van der Waals surface area contributed by atoms with Crippen molar-refractivity contribution in [3.8, 4) is 0 Å². The Morgan fingerprint density at radius 3 is 2.71 bits per heavy atom. The number of hydrogen-bond donors (Lipinski definition) is 0. The normalized spacial score (nSPS) is 15.5. The Hall–Kier alpha value is -2.43. The van der Waals surface area contributed by atoms with E-state index < -0.39 is 0 Å². The smallest absolute Gasteiger partial charge is 0.309 e. The molecule has 3 rings (SSSR count). The lowest BCUT2D eigenvalue weighted by atomic mass is 9.96. The Morgan fingerprint density at radius 2 is 1.96 bits per heavy atom. The van der Waals surface area contributed by atoms with Crippen molar-refractivity contribution in [2.45, 2.75) is 26.2 Å². The summed E-state index contributed by atoms with van der Waals surface area (Å²) in [5, 5.41) is 1.05. The van der Waals surface area contributed by atoms with E-state index in [1.807, 2.05) is 42.2 Å². The predicted molar refractivity (Wildman–Crippen MR) is 91.4 cm³/mol. The van der Waals surface area contributed by atoms with Crippen molar-refractivity contribution in [2.75, 3.05) is 19.7 Å².